The van der Waals surface area contributed by atoms with Crippen molar-refractivity contribution in [3.63, 3.8) is 0 Å². The number of hydrogen-bond acceptors (Lipinski definition) is 2. The van der Waals surface area contributed by atoms with Gasteiger partial charge < -0.3 is 10.2 Å². The van der Waals surface area contributed by atoms with Gasteiger partial charge in [0.2, 0.25) is 0 Å². The summed E-state index contributed by atoms with van der Waals surface area (Å²) < 4.78 is 0. The van der Waals surface area contributed by atoms with Crippen LogP contribution >= 0.6 is 0 Å². The van der Waals surface area contributed by atoms with E-state index in [1.807, 2.05) is 0 Å². The van der Waals surface area contributed by atoms with Crippen LogP contribution in [-0.2, 0) is 0 Å². The molecule has 0 rings (SSSR count). The molecule has 0 saturated carbocycles. The molecule has 0 aliphatic heterocycles. The topological polar surface area (TPSA) is 15.3 Å². The number of nitrogens with zero attached hydrogens (tertiary/aromatic N) is 1. The van der Waals surface area contributed by atoms with Crippen molar-refractivity contribution < 1.29 is 0 Å². The highest BCUT2D eigenvalue weighted by molar-refractivity contribution is 4.79. The Hall–Kier alpha value is -0.0800. The summed E-state index contributed by atoms with van der Waals surface area (Å²) >= 11 is 0. The van der Waals surface area contributed by atoms with Crippen LogP contribution in [-0.4, -0.2) is 37.6 Å². The normalized spacial score (nSPS) is 12.9. The Bertz CT molecular complexity index is 128. The van der Waals surface area contributed by atoms with Gasteiger partial charge in [-0.3, -0.25) is 0 Å². The van der Waals surface area contributed by atoms with E-state index in [-0.39, 0.29) is 5.54 Å². The van der Waals surface area contributed by atoms with Crippen LogP contribution in [0.3, 0.4) is 0 Å². The highest BCUT2D eigenvalue weighted by Crippen LogP contribution is 2.07. The first-order valence-electron chi connectivity index (χ1n) is 5.24. The Labute approximate surface area is 83.7 Å². The zero-order valence-electron chi connectivity index (χ0n) is 10.1. The monoisotopic (exact) mass is 186 g/mol. The molecule has 0 saturated heterocycles. The van der Waals surface area contributed by atoms with Crippen LogP contribution in [0.25, 0.3) is 0 Å². The van der Waals surface area contributed by atoms with Crippen molar-refractivity contribution in [1.82, 2.24) is 10.2 Å². The molecule has 0 amide bonds. The highest BCUT2D eigenvalue weighted by Gasteiger charge is 2.19. The van der Waals surface area contributed by atoms with Crippen LogP contribution in [0.2, 0.25) is 0 Å². The highest BCUT2D eigenvalue weighted by atomic mass is 15.2. The lowest BCUT2D eigenvalue weighted by Gasteiger charge is -2.32. The van der Waals surface area contributed by atoms with Crippen molar-refractivity contribution in [1.29, 1.82) is 0 Å². The second-order valence-corrected chi connectivity index (χ2v) is 5.07. The van der Waals surface area contributed by atoms with Crippen molar-refractivity contribution in [3.8, 4) is 0 Å². The number of hydrogen-bond donors (Lipinski definition) is 1. The molecule has 0 bridgehead atoms. The molecule has 80 valence electrons. The Morgan fingerprint density at radius 2 is 1.77 bits per heavy atom. The Balaban J connectivity index is 3.52. The molecule has 0 spiro atoms. The molecule has 0 atom stereocenters. The van der Waals surface area contributed by atoms with Crippen LogP contribution < -0.4 is 5.32 Å². The lowest BCUT2D eigenvalue weighted by atomic mass is 10.0. The third kappa shape index (κ3) is 6.05. The molecule has 0 radical (unpaired) electrons. The van der Waals surface area contributed by atoms with Gasteiger partial charge in [0.1, 0.15) is 0 Å². The zero-order valence-corrected chi connectivity index (χ0v) is 10.1. The molecule has 0 heterocycles. The van der Waals surface area contributed by atoms with Gasteiger partial charge in [0.05, 0.1) is 0 Å². The molecule has 1 N–H and O–H groups in total. The molecule has 0 aliphatic rings. The Morgan fingerprint density at radius 1 is 1.23 bits per heavy atom. The quantitative estimate of drug-likeness (QED) is 0.638. The minimum atomic E-state index is 0.261. The fourth-order valence-electron chi connectivity index (χ4n) is 0.943. The lowest BCUT2D eigenvalue weighted by molar-refractivity contribution is 0.189. The molecular weight excluding hydrogens is 160 g/mol. The summed E-state index contributed by atoms with van der Waals surface area (Å²) in [4.78, 5) is 2.26. The average molecular weight is 186 g/mol. The molecule has 0 aliphatic carbocycles. The summed E-state index contributed by atoms with van der Waals surface area (Å²) in [6.07, 6.45) is 1.27. The van der Waals surface area contributed by atoms with Gasteiger partial charge in [-0.15, -0.1) is 0 Å². The van der Waals surface area contributed by atoms with Gasteiger partial charge in [-0.25, -0.2) is 0 Å². The van der Waals surface area contributed by atoms with Crippen molar-refractivity contribution in [2.75, 3.05) is 27.2 Å². The van der Waals surface area contributed by atoms with Crippen molar-refractivity contribution in [3.05, 3.63) is 0 Å². The average Bonchev–Trinajstić information content (AvgIpc) is 1.97. The Kier molecular flexibility index (Phi) is 5.57. The van der Waals surface area contributed by atoms with Crippen LogP contribution in [0.4, 0.5) is 0 Å². The van der Waals surface area contributed by atoms with Gasteiger partial charge in [-0.05, 0) is 46.8 Å². The van der Waals surface area contributed by atoms with Gasteiger partial charge in [-0.1, -0.05) is 13.8 Å². The van der Waals surface area contributed by atoms with E-state index in [4.69, 9.17) is 0 Å². The summed E-state index contributed by atoms with van der Waals surface area (Å²) in [6.45, 7) is 11.2. The first-order chi connectivity index (χ1) is 5.86. The van der Waals surface area contributed by atoms with E-state index in [1.54, 1.807) is 0 Å². The second kappa shape index (κ2) is 5.61. The van der Waals surface area contributed by atoms with Crippen molar-refractivity contribution in [2.45, 2.75) is 39.7 Å². The van der Waals surface area contributed by atoms with Gasteiger partial charge in [0.25, 0.3) is 0 Å². The fourth-order valence-corrected chi connectivity index (χ4v) is 0.943. The second-order valence-electron chi connectivity index (χ2n) is 5.07. The SMILES string of the molecule is CC(C)CCNCC(C)(C)N(C)C. The molecule has 0 fully saturated rings. The van der Waals surface area contributed by atoms with Crippen LogP contribution in [0.5, 0.6) is 0 Å². The van der Waals surface area contributed by atoms with E-state index < -0.39 is 0 Å². The van der Waals surface area contributed by atoms with E-state index in [0.29, 0.717) is 0 Å². The largest absolute Gasteiger partial charge is 0.315 e. The standard InChI is InChI=1S/C11H26N2/c1-10(2)7-8-12-9-11(3,4)13(5)6/h10,12H,7-9H2,1-6H3. The number of rotatable bonds is 6. The van der Waals surface area contributed by atoms with Crippen molar-refractivity contribution in [2.24, 2.45) is 5.92 Å². The zero-order chi connectivity index (χ0) is 10.5. The number of nitrogens with one attached hydrogen (secondary N) is 1. The Morgan fingerprint density at radius 3 is 2.15 bits per heavy atom. The summed E-state index contributed by atoms with van der Waals surface area (Å²) in [5.74, 6) is 0.801. The minimum absolute atomic E-state index is 0.261. The van der Waals surface area contributed by atoms with E-state index in [9.17, 15) is 0 Å². The number of likely N-dealkylation sites (N-methyl/N-ethyl adjacent to an activating group) is 1. The lowest BCUT2D eigenvalue weighted by Crippen LogP contribution is -2.46. The predicted molar refractivity (Wildman–Crippen MR) is 60.1 cm³/mol. The summed E-state index contributed by atoms with van der Waals surface area (Å²) in [7, 11) is 4.26. The van der Waals surface area contributed by atoms with E-state index in [2.05, 4.69) is 52.0 Å². The molecule has 0 aromatic heterocycles. The predicted octanol–water partition coefficient (Wildman–Crippen LogP) is 1.96. The maximum Gasteiger partial charge on any atom is 0.0271 e. The van der Waals surface area contributed by atoms with E-state index in [1.165, 1.54) is 6.42 Å². The van der Waals surface area contributed by atoms with Crippen LogP contribution in [0.1, 0.15) is 34.1 Å². The van der Waals surface area contributed by atoms with Crippen LogP contribution in [0, 0.1) is 5.92 Å². The van der Waals surface area contributed by atoms with Crippen molar-refractivity contribution >= 4 is 0 Å². The maximum atomic E-state index is 3.50. The first kappa shape index (κ1) is 12.9. The summed E-state index contributed by atoms with van der Waals surface area (Å²) in [5, 5.41) is 3.50. The third-order valence-electron chi connectivity index (χ3n) is 2.67. The smallest absolute Gasteiger partial charge is 0.0271 e. The third-order valence-corrected chi connectivity index (χ3v) is 2.67. The molecule has 0 aromatic carbocycles. The molecule has 0 unspecified atom stereocenters. The summed E-state index contributed by atoms with van der Waals surface area (Å²) in [5.41, 5.74) is 0.261. The first-order valence-corrected chi connectivity index (χ1v) is 5.24. The maximum absolute atomic E-state index is 3.50. The van der Waals surface area contributed by atoms with Gasteiger partial charge in [0, 0.05) is 12.1 Å². The van der Waals surface area contributed by atoms with Gasteiger partial charge in [-0.2, -0.15) is 0 Å². The molecule has 2 heteroatoms. The van der Waals surface area contributed by atoms with Crippen LogP contribution in [0.15, 0.2) is 0 Å². The molecule has 2 nitrogen and oxygen atoms in total. The van der Waals surface area contributed by atoms with E-state index >= 15 is 0 Å². The minimum Gasteiger partial charge on any atom is -0.315 e. The molecular formula is C11H26N2. The van der Waals surface area contributed by atoms with Gasteiger partial charge in [0.15, 0.2) is 0 Å². The summed E-state index contributed by atoms with van der Waals surface area (Å²) in [6, 6.07) is 0. The van der Waals surface area contributed by atoms with Gasteiger partial charge >= 0.3 is 0 Å². The fraction of sp³-hybridized carbons (Fsp3) is 1.00. The van der Waals surface area contributed by atoms with E-state index in [0.717, 1.165) is 19.0 Å². The molecule has 13 heavy (non-hydrogen) atoms. The molecule has 0 aromatic rings.